The van der Waals surface area contributed by atoms with Gasteiger partial charge in [0.2, 0.25) is 0 Å². The monoisotopic (exact) mass is 474 g/mol. The van der Waals surface area contributed by atoms with Crippen molar-refractivity contribution in [3.05, 3.63) is 65.1 Å². The number of nitriles is 1. The van der Waals surface area contributed by atoms with Crippen LogP contribution in [0.5, 0.6) is 5.88 Å². The van der Waals surface area contributed by atoms with Crippen molar-refractivity contribution in [2.45, 2.75) is 19.8 Å². The summed E-state index contributed by atoms with van der Waals surface area (Å²) in [5.74, 6) is 0.107. The molecule has 170 valence electrons. The molecule has 1 aliphatic rings. The molecule has 0 spiro atoms. The Hall–Kier alpha value is -4.16. The third-order valence-corrected chi connectivity index (χ3v) is 5.69. The van der Waals surface area contributed by atoms with E-state index in [0.717, 1.165) is 29.7 Å². The van der Waals surface area contributed by atoms with Gasteiger partial charge in [-0.25, -0.2) is 19.2 Å². The van der Waals surface area contributed by atoms with Crippen molar-refractivity contribution in [2.24, 2.45) is 0 Å². The first-order chi connectivity index (χ1) is 16.5. The average molecular weight is 475 g/mol. The average Bonchev–Trinajstić information content (AvgIpc) is 3.50. The molecule has 0 atom stereocenters. The van der Waals surface area contributed by atoms with Gasteiger partial charge in [-0.1, -0.05) is 23.7 Å². The smallest absolute Gasteiger partial charge is 0.305 e. The number of fused-ring (bicyclic) bond motifs is 1. The lowest BCUT2D eigenvalue weighted by Gasteiger charge is -2.13. The summed E-state index contributed by atoms with van der Waals surface area (Å²) in [4.78, 5) is 32.8. The number of hydrogen-bond donors (Lipinski definition) is 0. The van der Waals surface area contributed by atoms with Crippen LogP contribution in [0.15, 0.2) is 48.7 Å². The predicted molar refractivity (Wildman–Crippen MR) is 124 cm³/mol. The lowest BCUT2D eigenvalue weighted by atomic mass is 10.0. The lowest BCUT2D eigenvalue weighted by molar-refractivity contribution is -0.156. The van der Waals surface area contributed by atoms with E-state index in [2.05, 4.69) is 16.0 Å². The highest BCUT2D eigenvalue weighted by Gasteiger charge is 2.22. The molecule has 9 nitrogen and oxygen atoms in total. The van der Waals surface area contributed by atoms with E-state index in [1.165, 1.54) is 0 Å². The summed E-state index contributed by atoms with van der Waals surface area (Å²) in [5.41, 5.74) is 4.49. The number of hydrogen-bond acceptors (Lipinski definition) is 7. The van der Waals surface area contributed by atoms with Crippen molar-refractivity contribution in [1.82, 2.24) is 24.5 Å². The number of carbonyl (C=O) groups is 1. The Balaban J connectivity index is 1.60. The molecular formula is C24H19ClN6O3. The molecule has 1 fully saturated rings. The summed E-state index contributed by atoms with van der Waals surface area (Å²) in [6.07, 6.45) is 3.01. The second-order valence-electron chi connectivity index (χ2n) is 7.90. The summed E-state index contributed by atoms with van der Waals surface area (Å²) >= 11 is 6.25. The molecule has 0 bridgehead atoms. The summed E-state index contributed by atoms with van der Waals surface area (Å²) in [7, 11) is 0. The molecule has 1 aliphatic heterocycles. The number of carbonyl (C=O) groups excluding carboxylic acids is 1. The Morgan fingerprint density at radius 3 is 2.71 bits per heavy atom. The van der Waals surface area contributed by atoms with Crippen molar-refractivity contribution < 1.29 is 14.6 Å². The van der Waals surface area contributed by atoms with Crippen LogP contribution in [0.1, 0.15) is 24.1 Å². The van der Waals surface area contributed by atoms with Gasteiger partial charge in [-0.3, -0.25) is 4.89 Å². The number of aryl methyl sites for hydroxylation is 1. The first-order valence-corrected chi connectivity index (χ1v) is 11.1. The maximum absolute atomic E-state index is 12.2. The van der Waals surface area contributed by atoms with Crippen molar-refractivity contribution in [3.63, 3.8) is 0 Å². The maximum Gasteiger partial charge on any atom is 0.452 e. The molecule has 4 heterocycles. The molecule has 1 aromatic carbocycles. The van der Waals surface area contributed by atoms with Crippen molar-refractivity contribution in [1.29, 1.82) is 5.26 Å². The Bertz CT molecular complexity index is 1420. The number of amides is 1. The number of nitrogens with zero attached hydrogens (tertiary/aromatic N) is 6. The largest absolute Gasteiger partial charge is 0.452 e. The number of halogens is 1. The van der Waals surface area contributed by atoms with E-state index in [4.69, 9.17) is 26.5 Å². The fourth-order valence-corrected chi connectivity index (χ4v) is 4.22. The van der Waals surface area contributed by atoms with Gasteiger partial charge in [0.25, 0.3) is 5.88 Å². The summed E-state index contributed by atoms with van der Waals surface area (Å²) in [6, 6.07) is 14.5. The molecule has 0 saturated carbocycles. The fourth-order valence-electron chi connectivity index (χ4n) is 3.97. The highest BCUT2D eigenvalue weighted by atomic mass is 35.5. The van der Waals surface area contributed by atoms with E-state index in [0.29, 0.717) is 40.7 Å². The van der Waals surface area contributed by atoms with E-state index >= 15 is 0 Å². The minimum Gasteiger partial charge on any atom is -0.305 e. The Morgan fingerprint density at radius 1 is 1.12 bits per heavy atom. The van der Waals surface area contributed by atoms with Crippen LogP contribution in [0, 0.1) is 18.3 Å². The lowest BCUT2D eigenvalue weighted by Crippen LogP contribution is -2.29. The minimum atomic E-state index is -0.543. The number of likely N-dealkylation sites (tertiary alicyclic amines) is 1. The zero-order chi connectivity index (χ0) is 23.7. The van der Waals surface area contributed by atoms with Crippen LogP contribution in [0.25, 0.3) is 28.0 Å². The second-order valence-corrected chi connectivity index (χ2v) is 8.28. The van der Waals surface area contributed by atoms with E-state index < -0.39 is 6.09 Å². The third kappa shape index (κ3) is 4.23. The molecule has 0 aliphatic carbocycles. The maximum atomic E-state index is 12.2. The first-order valence-electron chi connectivity index (χ1n) is 10.7. The Morgan fingerprint density at radius 2 is 1.94 bits per heavy atom. The number of benzene rings is 1. The molecule has 3 aromatic heterocycles. The topological polar surface area (TPSA) is 106 Å². The normalized spacial score (nSPS) is 13.1. The highest BCUT2D eigenvalue weighted by Crippen LogP contribution is 2.36. The number of pyridine rings is 1. The van der Waals surface area contributed by atoms with Crippen LogP contribution >= 0.6 is 11.6 Å². The summed E-state index contributed by atoms with van der Waals surface area (Å²) in [5, 5.41) is 14.4. The van der Waals surface area contributed by atoms with E-state index in [1.54, 1.807) is 45.9 Å². The molecule has 0 radical (unpaired) electrons. The molecule has 4 aromatic rings. The van der Waals surface area contributed by atoms with Gasteiger partial charge >= 0.3 is 6.09 Å². The van der Waals surface area contributed by atoms with Gasteiger partial charge in [-0.2, -0.15) is 15.3 Å². The second kappa shape index (κ2) is 9.00. The van der Waals surface area contributed by atoms with E-state index in [-0.39, 0.29) is 5.88 Å². The van der Waals surface area contributed by atoms with Crippen LogP contribution in [0.2, 0.25) is 5.15 Å². The Kier molecular flexibility index (Phi) is 5.74. The van der Waals surface area contributed by atoms with Gasteiger partial charge in [-0.15, -0.1) is 0 Å². The molecule has 10 heteroatoms. The van der Waals surface area contributed by atoms with Gasteiger partial charge in [-0.05, 0) is 49.6 Å². The highest BCUT2D eigenvalue weighted by molar-refractivity contribution is 6.29. The van der Waals surface area contributed by atoms with Crippen LogP contribution in [0.3, 0.4) is 0 Å². The fraction of sp³-hybridized carbons (Fsp3) is 0.208. The van der Waals surface area contributed by atoms with Gasteiger partial charge in [0, 0.05) is 36.6 Å². The zero-order valence-electron chi connectivity index (χ0n) is 18.2. The summed E-state index contributed by atoms with van der Waals surface area (Å²) in [6.45, 7) is 3.14. The third-order valence-electron chi connectivity index (χ3n) is 5.50. The van der Waals surface area contributed by atoms with Crippen LogP contribution in [-0.2, 0) is 4.89 Å². The number of rotatable bonds is 4. The zero-order valence-corrected chi connectivity index (χ0v) is 19.0. The molecule has 1 saturated heterocycles. The SMILES string of the molecule is Cc1cc(-c2c(-c3cccc(C#N)c3)nn3ccc(OOC(=O)N4CCCC4)nc23)cc(Cl)n1. The molecule has 1 amide bonds. The number of aromatic nitrogens is 4. The van der Waals surface area contributed by atoms with Gasteiger partial charge in [0.15, 0.2) is 5.65 Å². The molecule has 34 heavy (non-hydrogen) atoms. The van der Waals surface area contributed by atoms with Crippen LogP contribution in [0.4, 0.5) is 4.79 Å². The first kappa shape index (κ1) is 21.7. The van der Waals surface area contributed by atoms with Crippen molar-refractivity contribution >= 4 is 23.3 Å². The molecular weight excluding hydrogens is 456 g/mol. The Labute approximate surface area is 200 Å². The molecule has 0 unspecified atom stereocenters. The predicted octanol–water partition coefficient (Wildman–Crippen LogP) is 4.82. The van der Waals surface area contributed by atoms with E-state index in [1.807, 2.05) is 19.1 Å². The van der Waals surface area contributed by atoms with Gasteiger partial charge in [0.05, 0.1) is 17.2 Å². The van der Waals surface area contributed by atoms with Gasteiger partial charge in [0.1, 0.15) is 10.8 Å². The van der Waals surface area contributed by atoms with Crippen molar-refractivity contribution in [2.75, 3.05) is 13.1 Å². The van der Waals surface area contributed by atoms with Crippen LogP contribution < -0.4 is 4.89 Å². The quantitative estimate of drug-likeness (QED) is 0.237. The molecule has 5 rings (SSSR count). The van der Waals surface area contributed by atoms with E-state index in [9.17, 15) is 10.1 Å². The van der Waals surface area contributed by atoms with Crippen LogP contribution in [-0.4, -0.2) is 43.7 Å². The molecule has 0 N–H and O–H groups in total. The minimum absolute atomic E-state index is 0.107. The van der Waals surface area contributed by atoms with Crippen molar-refractivity contribution in [3.8, 4) is 34.3 Å². The standard InChI is InChI=1S/C24H19ClN6O3/c1-15-11-18(13-19(25)27-15)21-22(17-6-4-5-16(12-17)14-26)29-31-10-7-20(28-23(21)31)33-34-24(32)30-8-2-3-9-30/h4-7,10-13H,2-3,8-9H2,1H3. The van der Waals surface area contributed by atoms with Gasteiger partial charge < -0.3 is 4.90 Å². The summed E-state index contributed by atoms with van der Waals surface area (Å²) < 4.78 is 1.60.